The third-order valence-electron chi connectivity index (χ3n) is 4.71. The predicted molar refractivity (Wildman–Crippen MR) is 103 cm³/mol. The molecule has 1 saturated heterocycles. The van der Waals surface area contributed by atoms with Crippen LogP contribution in [0.5, 0.6) is 5.75 Å². The van der Waals surface area contributed by atoms with Crippen molar-refractivity contribution in [3.8, 4) is 5.75 Å². The Morgan fingerprint density at radius 3 is 2.73 bits per heavy atom. The SMILES string of the molecule is COc1cc(C)ccc1C(=O)NCc1cccnc1N1CCN(C)CC1. The van der Waals surface area contributed by atoms with E-state index in [2.05, 4.69) is 27.1 Å². The third kappa shape index (κ3) is 4.14. The summed E-state index contributed by atoms with van der Waals surface area (Å²) in [7, 11) is 3.71. The Balaban J connectivity index is 1.71. The summed E-state index contributed by atoms with van der Waals surface area (Å²) in [4.78, 5) is 21.8. The Morgan fingerprint density at radius 1 is 1.23 bits per heavy atom. The first-order valence-corrected chi connectivity index (χ1v) is 8.88. The topological polar surface area (TPSA) is 57.7 Å². The van der Waals surface area contributed by atoms with E-state index in [1.165, 1.54) is 0 Å². The molecule has 0 radical (unpaired) electrons. The maximum Gasteiger partial charge on any atom is 0.255 e. The normalized spacial score (nSPS) is 15.0. The monoisotopic (exact) mass is 354 g/mol. The molecule has 1 fully saturated rings. The quantitative estimate of drug-likeness (QED) is 0.891. The van der Waals surface area contributed by atoms with Crippen LogP contribution in [0, 0.1) is 6.92 Å². The first kappa shape index (κ1) is 18.2. The first-order chi connectivity index (χ1) is 12.6. The fraction of sp³-hybridized carbons (Fsp3) is 0.400. The summed E-state index contributed by atoms with van der Waals surface area (Å²) in [5.74, 6) is 1.40. The number of rotatable bonds is 5. The number of hydrogen-bond donors (Lipinski definition) is 1. The first-order valence-electron chi connectivity index (χ1n) is 8.88. The molecule has 6 nitrogen and oxygen atoms in total. The lowest BCUT2D eigenvalue weighted by molar-refractivity contribution is 0.0948. The number of pyridine rings is 1. The van der Waals surface area contributed by atoms with Crippen LogP contribution in [-0.4, -0.2) is 56.1 Å². The zero-order valence-electron chi connectivity index (χ0n) is 15.7. The van der Waals surface area contributed by atoms with Gasteiger partial charge in [-0.1, -0.05) is 12.1 Å². The molecular formula is C20H26N4O2. The Morgan fingerprint density at radius 2 is 2.00 bits per heavy atom. The van der Waals surface area contributed by atoms with E-state index in [0.717, 1.165) is 43.1 Å². The lowest BCUT2D eigenvalue weighted by Gasteiger charge is -2.34. The highest BCUT2D eigenvalue weighted by Crippen LogP contribution is 2.21. The molecule has 1 aliphatic heterocycles. The third-order valence-corrected chi connectivity index (χ3v) is 4.71. The van der Waals surface area contributed by atoms with Crippen molar-refractivity contribution in [2.45, 2.75) is 13.5 Å². The minimum Gasteiger partial charge on any atom is -0.496 e. The number of carbonyl (C=O) groups excluding carboxylic acids is 1. The van der Waals surface area contributed by atoms with Crippen molar-refractivity contribution in [1.29, 1.82) is 0 Å². The number of nitrogens with zero attached hydrogens (tertiary/aromatic N) is 3. The smallest absolute Gasteiger partial charge is 0.255 e. The summed E-state index contributed by atoms with van der Waals surface area (Å²) >= 11 is 0. The minimum absolute atomic E-state index is 0.143. The van der Waals surface area contributed by atoms with E-state index in [4.69, 9.17) is 4.74 Å². The molecule has 1 N–H and O–H groups in total. The Labute approximate surface area is 154 Å². The summed E-state index contributed by atoms with van der Waals surface area (Å²) < 4.78 is 5.34. The van der Waals surface area contributed by atoms with Crippen LogP contribution >= 0.6 is 0 Å². The molecule has 2 heterocycles. The zero-order chi connectivity index (χ0) is 18.5. The number of ether oxygens (including phenoxy) is 1. The van der Waals surface area contributed by atoms with Crippen molar-refractivity contribution >= 4 is 11.7 Å². The largest absolute Gasteiger partial charge is 0.496 e. The second-order valence-corrected chi connectivity index (χ2v) is 6.66. The standard InChI is InChI=1S/C20H26N4O2/c1-15-6-7-17(18(13-15)26-3)20(25)22-14-16-5-4-8-21-19(16)24-11-9-23(2)10-12-24/h4-8,13H,9-12,14H2,1-3H3,(H,22,25). The molecule has 0 spiro atoms. The summed E-state index contributed by atoms with van der Waals surface area (Å²) in [5.41, 5.74) is 2.63. The molecule has 26 heavy (non-hydrogen) atoms. The van der Waals surface area contributed by atoms with Crippen LogP contribution in [0.25, 0.3) is 0 Å². The van der Waals surface area contributed by atoms with Crippen LogP contribution in [-0.2, 0) is 6.54 Å². The highest BCUT2D eigenvalue weighted by Gasteiger charge is 2.19. The van der Waals surface area contributed by atoms with Gasteiger partial charge in [-0.05, 0) is 37.7 Å². The lowest BCUT2D eigenvalue weighted by Crippen LogP contribution is -2.45. The van der Waals surface area contributed by atoms with Gasteiger partial charge in [-0.25, -0.2) is 4.98 Å². The van der Waals surface area contributed by atoms with Gasteiger partial charge in [0.25, 0.3) is 5.91 Å². The molecule has 0 unspecified atom stereocenters. The molecule has 0 aliphatic carbocycles. The summed E-state index contributed by atoms with van der Waals surface area (Å²) in [6.07, 6.45) is 1.81. The van der Waals surface area contributed by atoms with Crippen molar-refractivity contribution in [3.63, 3.8) is 0 Å². The molecule has 138 valence electrons. The number of aryl methyl sites for hydroxylation is 1. The molecule has 1 aromatic heterocycles. The van der Waals surface area contributed by atoms with E-state index < -0.39 is 0 Å². The van der Waals surface area contributed by atoms with Crippen LogP contribution < -0.4 is 15.0 Å². The number of nitrogens with one attached hydrogen (secondary N) is 1. The van der Waals surface area contributed by atoms with E-state index in [0.29, 0.717) is 17.9 Å². The van der Waals surface area contributed by atoms with Gasteiger partial charge >= 0.3 is 0 Å². The fourth-order valence-corrected chi connectivity index (χ4v) is 3.13. The summed E-state index contributed by atoms with van der Waals surface area (Å²) in [6, 6.07) is 9.51. The van der Waals surface area contributed by atoms with Gasteiger partial charge in [-0.2, -0.15) is 0 Å². The number of anilines is 1. The van der Waals surface area contributed by atoms with Gasteiger partial charge in [0.1, 0.15) is 11.6 Å². The molecule has 0 bridgehead atoms. The van der Waals surface area contributed by atoms with Crippen molar-refractivity contribution in [2.75, 3.05) is 45.2 Å². The highest BCUT2D eigenvalue weighted by atomic mass is 16.5. The number of likely N-dealkylation sites (N-methyl/N-ethyl adjacent to an activating group) is 1. The molecule has 1 amide bonds. The van der Waals surface area contributed by atoms with E-state index in [1.807, 2.05) is 37.4 Å². The second-order valence-electron chi connectivity index (χ2n) is 6.66. The number of benzene rings is 1. The van der Waals surface area contributed by atoms with Gasteiger partial charge in [0, 0.05) is 44.5 Å². The fourth-order valence-electron chi connectivity index (χ4n) is 3.13. The zero-order valence-corrected chi connectivity index (χ0v) is 15.7. The molecule has 6 heteroatoms. The second kappa shape index (κ2) is 8.19. The van der Waals surface area contributed by atoms with Crippen molar-refractivity contribution in [1.82, 2.24) is 15.2 Å². The molecular weight excluding hydrogens is 328 g/mol. The van der Waals surface area contributed by atoms with Crippen LogP contribution in [0.2, 0.25) is 0 Å². The number of carbonyl (C=O) groups is 1. The lowest BCUT2D eigenvalue weighted by atomic mass is 10.1. The number of piperazine rings is 1. The van der Waals surface area contributed by atoms with Crippen molar-refractivity contribution in [3.05, 3.63) is 53.2 Å². The van der Waals surface area contributed by atoms with Gasteiger partial charge in [-0.15, -0.1) is 0 Å². The molecule has 2 aromatic rings. The predicted octanol–water partition coefficient (Wildman–Crippen LogP) is 2.08. The van der Waals surface area contributed by atoms with E-state index in [1.54, 1.807) is 13.2 Å². The molecule has 3 rings (SSSR count). The van der Waals surface area contributed by atoms with Crippen LogP contribution in [0.1, 0.15) is 21.5 Å². The van der Waals surface area contributed by atoms with Gasteiger partial charge in [0.2, 0.25) is 0 Å². The maximum absolute atomic E-state index is 12.6. The van der Waals surface area contributed by atoms with Gasteiger partial charge in [0.05, 0.1) is 12.7 Å². The van der Waals surface area contributed by atoms with Crippen LogP contribution in [0.15, 0.2) is 36.5 Å². The van der Waals surface area contributed by atoms with Crippen molar-refractivity contribution < 1.29 is 9.53 Å². The van der Waals surface area contributed by atoms with E-state index in [-0.39, 0.29) is 5.91 Å². The molecule has 0 atom stereocenters. The van der Waals surface area contributed by atoms with Gasteiger partial charge in [-0.3, -0.25) is 4.79 Å². The molecule has 0 saturated carbocycles. The number of amides is 1. The van der Waals surface area contributed by atoms with E-state index >= 15 is 0 Å². The Hall–Kier alpha value is -2.60. The number of aromatic nitrogens is 1. The number of hydrogen-bond acceptors (Lipinski definition) is 5. The number of methoxy groups -OCH3 is 1. The Bertz CT molecular complexity index is 770. The average Bonchev–Trinajstić information content (AvgIpc) is 2.67. The van der Waals surface area contributed by atoms with Crippen LogP contribution in [0.3, 0.4) is 0 Å². The molecule has 1 aliphatic rings. The summed E-state index contributed by atoms with van der Waals surface area (Å²) in [6.45, 7) is 6.33. The van der Waals surface area contributed by atoms with E-state index in [9.17, 15) is 4.79 Å². The van der Waals surface area contributed by atoms with Gasteiger partial charge < -0.3 is 19.9 Å². The maximum atomic E-state index is 12.6. The van der Waals surface area contributed by atoms with Crippen LogP contribution in [0.4, 0.5) is 5.82 Å². The summed E-state index contributed by atoms with van der Waals surface area (Å²) in [5, 5.41) is 3.00. The van der Waals surface area contributed by atoms with Crippen molar-refractivity contribution in [2.24, 2.45) is 0 Å². The Kier molecular flexibility index (Phi) is 5.73. The highest BCUT2D eigenvalue weighted by molar-refractivity contribution is 5.97. The minimum atomic E-state index is -0.143. The molecule has 1 aromatic carbocycles. The van der Waals surface area contributed by atoms with Gasteiger partial charge in [0.15, 0.2) is 0 Å². The average molecular weight is 354 g/mol.